The van der Waals surface area contributed by atoms with E-state index < -0.39 is 0 Å². The summed E-state index contributed by atoms with van der Waals surface area (Å²) in [6.07, 6.45) is 1.75. The fourth-order valence-electron chi connectivity index (χ4n) is 2.68. The zero-order valence-corrected chi connectivity index (χ0v) is 15.8. The largest absolute Gasteiger partial charge is 0.494 e. The van der Waals surface area contributed by atoms with Crippen molar-refractivity contribution in [2.24, 2.45) is 0 Å². The smallest absolute Gasteiger partial charge is 0.251 e. The van der Waals surface area contributed by atoms with E-state index in [1.54, 1.807) is 0 Å². The molecule has 3 rings (SSSR count). The van der Waals surface area contributed by atoms with E-state index in [0.717, 1.165) is 29.9 Å². The Bertz CT molecular complexity index is 833. The van der Waals surface area contributed by atoms with Crippen molar-refractivity contribution in [3.05, 3.63) is 96.1 Å². The molecule has 0 heterocycles. The molecular formula is C24H25NO3. The van der Waals surface area contributed by atoms with Crippen molar-refractivity contribution < 1.29 is 14.3 Å². The van der Waals surface area contributed by atoms with Crippen LogP contribution >= 0.6 is 0 Å². The van der Waals surface area contributed by atoms with E-state index >= 15 is 0 Å². The number of rotatable bonds is 10. The Morgan fingerprint density at radius 1 is 0.714 bits per heavy atom. The van der Waals surface area contributed by atoms with Gasteiger partial charge >= 0.3 is 0 Å². The van der Waals surface area contributed by atoms with Gasteiger partial charge in [0, 0.05) is 12.1 Å². The highest BCUT2D eigenvalue weighted by molar-refractivity contribution is 5.94. The lowest BCUT2D eigenvalue weighted by Gasteiger charge is -2.09. The van der Waals surface area contributed by atoms with Crippen molar-refractivity contribution in [2.45, 2.75) is 19.4 Å². The van der Waals surface area contributed by atoms with Crippen molar-refractivity contribution in [1.82, 2.24) is 5.32 Å². The Morgan fingerprint density at radius 2 is 1.32 bits per heavy atom. The summed E-state index contributed by atoms with van der Waals surface area (Å²) < 4.78 is 11.5. The first-order chi connectivity index (χ1) is 13.8. The third-order valence-corrected chi connectivity index (χ3v) is 4.23. The van der Waals surface area contributed by atoms with Crippen LogP contribution < -0.4 is 14.8 Å². The topological polar surface area (TPSA) is 47.6 Å². The van der Waals surface area contributed by atoms with Gasteiger partial charge in [-0.25, -0.2) is 0 Å². The molecule has 0 atom stereocenters. The van der Waals surface area contributed by atoms with E-state index in [1.165, 1.54) is 0 Å². The van der Waals surface area contributed by atoms with Gasteiger partial charge in [0.05, 0.1) is 6.61 Å². The van der Waals surface area contributed by atoms with Crippen LogP contribution in [0, 0.1) is 0 Å². The number of benzene rings is 3. The highest BCUT2D eigenvalue weighted by atomic mass is 16.5. The SMILES string of the molecule is O=C(NCCCCOc1ccc(OCc2ccccc2)cc1)c1ccccc1. The molecule has 28 heavy (non-hydrogen) atoms. The molecule has 0 aliphatic rings. The summed E-state index contributed by atoms with van der Waals surface area (Å²) >= 11 is 0. The van der Waals surface area contributed by atoms with Crippen LogP contribution in [0.25, 0.3) is 0 Å². The molecule has 0 radical (unpaired) electrons. The number of ether oxygens (including phenoxy) is 2. The van der Waals surface area contributed by atoms with E-state index in [0.29, 0.717) is 25.3 Å². The van der Waals surface area contributed by atoms with Gasteiger partial charge < -0.3 is 14.8 Å². The molecule has 3 aromatic rings. The average Bonchev–Trinajstić information content (AvgIpc) is 2.76. The Balaban J connectivity index is 1.29. The van der Waals surface area contributed by atoms with E-state index in [1.807, 2.05) is 84.9 Å². The summed E-state index contributed by atoms with van der Waals surface area (Å²) in [6.45, 7) is 1.81. The van der Waals surface area contributed by atoms with E-state index in [-0.39, 0.29) is 5.91 Å². The predicted octanol–water partition coefficient (Wildman–Crippen LogP) is 4.85. The highest BCUT2D eigenvalue weighted by Gasteiger charge is 2.03. The van der Waals surface area contributed by atoms with Crippen LogP contribution in [0.5, 0.6) is 11.5 Å². The third kappa shape index (κ3) is 6.47. The minimum atomic E-state index is -0.0346. The maximum Gasteiger partial charge on any atom is 0.251 e. The molecule has 0 aromatic heterocycles. The van der Waals surface area contributed by atoms with Crippen molar-refractivity contribution in [3.63, 3.8) is 0 Å². The van der Waals surface area contributed by atoms with Crippen LogP contribution in [0.3, 0.4) is 0 Å². The first-order valence-corrected chi connectivity index (χ1v) is 9.54. The van der Waals surface area contributed by atoms with Crippen LogP contribution in [-0.4, -0.2) is 19.1 Å². The number of amides is 1. The lowest BCUT2D eigenvalue weighted by molar-refractivity contribution is 0.0952. The summed E-state index contributed by atoms with van der Waals surface area (Å²) in [5, 5.41) is 2.92. The van der Waals surface area contributed by atoms with Gasteiger partial charge in [0.15, 0.2) is 0 Å². The Labute approximate surface area is 166 Å². The number of carbonyl (C=O) groups is 1. The van der Waals surface area contributed by atoms with Gasteiger partial charge in [-0.15, -0.1) is 0 Å². The summed E-state index contributed by atoms with van der Waals surface area (Å²) in [5.74, 6) is 1.60. The van der Waals surface area contributed by atoms with Crippen molar-refractivity contribution >= 4 is 5.91 Å². The molecule has 0 aliphatic carbocycles. The number of carbonyl (C=O) groups excluding carboxylic acids is 1. The Hall–Kier alpha value is -3.27. The van der Waals surface area contributed by atoms with Gasteiger partial charge in [-0.05, 0) is 54.8 Å². The molecule has 3 aromatic carbocycles. The molecule has 0 fully saturated rings. The number of hydrogen-bond donors (Lipinski definition) is 1. The van der Waals surface area contributed by atoms with Crippen molar-refractivity contribution in [3.8, 4) is 11.5 Å². The normalized spacial score (nSPS) is 10.3. The molecule has 4 nitrogen and oxygen atoms in total. The molecule has 0 bridgehead atoms. The fourth-order valence-corrected chi connectivity index (χ4v) is 2.68. The van der Waals surface area contributed by atoms with Crippen LogP contribution in [0.2, 0.25) is 0 Å². The maximum absolute atomic E-state index is 11.9. The second-order valence-corrected chi connectivity index (χ2v) is 6.42. The molecule has 0 saturated heterocycles. The van der Waals surface area contributed by atoms with Gasteiger partial charge in [0.25, 0.3) is 5.91 Å². The number of unbranched alkanes of at least 4 members (excludes halogenated alkanes) is 1. The lowest BCUT2D eigenvalue weighted by Crippen LogP contribution is -2.24. The quantitative estimate of drug-likeness (QED) is 0.515. The van der Waals surface area contributed by atoms with Gasteiger partial charge in [0.1, 0.15) is 18.1 Å². The molecule has 144 valence electrons. The zero-order chi connectivity index (χ0) is 19.4. The maximum atomic E-state index is 11.9. The summed E-state index contributed by atoms with van der Waals surface area (Å²) in [7, 11) is 0. The van der Waals surface area contributed by atoms with Crippen LogP contribution in [0.1, 0.15) is 28.8 Å². The second-order valence-electron chi connectivity index (χ2n) is 6.42. The minimum Gasteiger partial charge on any atom is -0.494 e. The molecule has 1 amide bonds. The van der Waals surface area contributed by atoms with Crippen LogP contribution in [-0.2, 0) is 6.61 Å². The molecule has 0 unspecified atom stereocenters. The van der Waals surface area contributed by atoms with Gasteiger partial charge in [-0.2, -0.15) is 0 Å². The summed E-state index contributed by atoms with van der Waals surface area (Å²) in [6, 6.07) is 27.0. The highest BCUT2D eigenvalue weighted by Crippen LogP contribution is 2.19. The lowest BCUT2D eigenvalue weighted by atomic mass is 10.2. The average molecular weight is 375 g/mol. The molecular weight excluding hydrogens is 350 g/mol. The van der Waals surface area contributed by atoms with Gasteiger partial charge in [-0.3, -0.25) is 4.79 Å². The van der Waals surface area contributed by atoms with Gasteiger partial charge in [0.2, 0.25) is 0 Å². The fraction of sp³-hybridized carbons (Fsp3) is 0.208. The predicted molar refractivity (Wildman–Crippen MR) is 111 cm³/mol. The number of nitrogens with one attached hydrogen (secondary N) is 1. The Kier molecular flexibility index (Phi) is 7.50. The molecule has 4 heteroatoms. The van der Waals surface area contributed by atoms with E-state index in [9.17, 15) is 4.79 Å². The van der Waals surface area contributed by atoms with Crippen LogP contribution in [0.4, 0.5) is 0 Å². The first-order valence-electron chi connectivity index (χ1n) is 9.54. The molecule has 0 aliphatic heterocycles. The molecule has 0 spiro atoms. The monoisotopic (exact) mass is 375 g/mol. The standard InChI is InChI=1S/C24H25NO3/c26-24(21-11-5-2-6-12-21)25-17-7-8-18-27-22-13-15-23(16-14-22)28-19-20-9-3-1-4-10-20/h1-6,9-16H,7-8,17-19H2,(H,25,26). The van der Waals surface area contributed by atoms with Gasteiger partial charge in [-0.1, -0.05) is 48.5 Å². The summed E-state index contributed by atoms with van der Waals surface area (Å²) in [5.41, 5.74) is 1.83. The summed E-state index contributed by atoms with van der Waals surface area (Å²) in [4.78, 5) is 11.9. The Morgan fingerprint density at radius 3 is 2.00 bits per heavy atom. The third-order valence-electron chi connectivity index (χ3n) is 4.23. The van der Waals surface area contributed by atoms with E-state index in [2.05, 4.69) is 5.32 Å². The second kappa shape index (κ2) is 10.8. The van der Waals surface area contributed by atoms with Crippen molar-refractivity contribution in [2.75, 3.05) is 13.2 Å². The number of hydrogen-bond acceptors (Lipinski definition) is 3. The van der Waals surface area contributed by atoms with E-state index in [4.69, 9.17) is 9.47 Å². The van der Waals surface area contributed by atoms with Crippen molar-refractivity contribution in [1.29, 1.82) is 0 Å². The molecule has 1 N–H and O–H groups in total. The minimum absolute atomic E-state index is 0.0346. The zero-order valence-electron chi connectivity index (χ0n) is 15.8. The van der Waals surface area contributed by atoms with Crippen LogP contribution in [0.15, 0.2) is 84.9 Å². The molecule has 0 saturated carbocycles. The first kappa shape index (κ1) is 19.5.